The van der Waals surface area contributed by atoms with Crippen LogP contribution in [0.15, 0.2) is 18.5 Å². The van der Waals surface area contributed by atoms with E-state index in [-0.39, 0.29) is 0 Å². The lowest BCUT2D eigenvalue weighted by Crippen LogP contribution is -1.91. The average Bonchev–Trinajstić information content (AvgIpc) is 2.53. The number of H-pyrrole nitrogens is 1. The molecule has 3 N–H and O–H groups in total. The smallest absolute Gasteiger partial charge is 0.112 e. The van der Waals surface area contributed by atoms with Gasteiger partial charge in [-0.25, -0.2) is 4.98 Å². The van der Waals surface area contributed by atoms with E-state index in [9.17, 15) is 0 Å². The SMILES string of the molecule is N#Cc1ccc2[nH]cnc2c1N. The monoisotopic (exact) mass is 158 g/mol. The summed E-state index contributed by atoms with van der Waals surface area (Å²) in [5, 5.41) is 8.65. The van der Waals surface area contributed by atoms with Crippen molar-refractivity contribution in [2.45, 2.75) is 0 Å². The number of nitrogens with one attached hydrogen (secondary N) is 1. The van der Waals surface area contributed by atoms with E-state index in [2.05, 4.69) is 9.97 Å². The van der Waals surface area contributed by atoms with Crippen molar-refractivity contribution < 1.29 is 0 Å². The van der Waals surface area contributed by atoms with Crippen molar-refractivity contribution in [1.29, 1.82) is 5.26 Å². The predicted molar refractivity (Wildman–Crippen MR) is 45.2 cm³/mol. The summed E-state index contributed by atoms with van der Waals surface area (Å²) in [7, 11) is 0. The highest BCUT2D eigenvalue weighted by atomic mass is 14.9. The fourth-order valence-electron chi connectivity index (χ4n) is 1.13. The number of anilines is 1. The first kappa shape index (κ1) is 6.68. The third kappa shape index (κ3) is 0.736. The zero-order valence-corrected chi connectivity index (χ0v) is 6.20. The van der Waals surface area contributed by atoms with Gasteiger partial charge in [0.25, 0.3) is 0 Å². The van der Waals surface area contributed by atoms with E-state index in [0.717, 1.165) is 5.52 Å². The summed E-state index contributed by atoms with van der Waals surface area (Å²) in [4.78, 5) is 6.91. The number of nitrogens with two attached hydrogens (primary N) is 1. The molecule has 0 fully saturated rings. The van der Waals surface area contributed by atoms with Gasteiger partial charge in [-0.1, -0.05) is 0 Å². The van der Waals surface area contributed by atoms with E-state index < -0.39 is 0 Å². The Kier molecular flexibility index (Phi) is 1.25. The molecule has 1 aromatic carbocycles. The van der Waals surface area contributed by atoms with Gasteiger partial charge < -0.3 is 10.7 Å². The molecule has 2 rings (SSSR count). The number of nitriles is 1. The number of hydrogen-bond donors (Lipinski definition) is 2. The van der Waals surface area contributed by atoms with Crippen LogP contribution in [0, 0.1) is 11.3 Å². The number of nitrogens with zero attached hydrogens (tertiary/aromatic N) is 2. The lowest BCUT2D eigenvalue weighted by Gasteiger charge is -1.95. The van der Waals surface area contributed by atoms with E-state index in [1.165, 1.54) is 0 Å². The van der Waals surface area contributed by atoms with Gasteiger partial charge in [-0.2, -0.15) is 5.26 Å². The Morgan fingerprint density at radius 2 is 2.33 bits per heavy atom. The third-order valence-corrected chi connectivity index (χ3v) is 1.75. The minimum absolute atomic E-state index is 0.441. The second-order valence-corrected chi connectivity index (χ2v) is 2.44. The molecule has 0 saturated heterocycles. The number of nitrogen functional groups attached to an aromatic ring is 1. The van der Waals surface area contributed by atoms with E-state index in [0.29, 0.717) is 16.8 Å². The van der Waals surface area contributed by atoms with Gasteiger partial charge in [0.05, 0.1) is 23.1 Å². The molecule has 4 heteroatoms. The Balaban J connectivity index is 2.89. The fraction of sp³-hybridized carbons (Fsp3) is 0. The quantitative estimate of drug-likeness (QED) is 0.562. The summed E-state index contributed by atoms with van der Waals surface area (Å²) in [5.41, 5.74) is 8.09. The third-order valence-electron chi connectivity index (χ3n) is 1.75. The fourth-order valence-corrected chi connectivity index (χ4v) is 1.13. The second kappa shape index (κ2) is 2.24. The molecule has 1 heterocycles. The largest absolute Gasteiger partial charge is 0.396 e. The van der Waals surface area contributed by atoms with Gasteiger partial charge in [-0.15, -0.1) is 0 Å². The van der Waals surface area contributed by atoms with Crippen molar-refractivity contribution in [3.8, 4) is 6.07 Å². The van der Waals surface area contributed by atoms with Crippen LogP contribution in [0.4, 0.5) is 5.69 Å². The molecule has 12 heavy (non-hydrogen) atoms. The van der Waals surface area contributed by atoms with Crippen LogP contribution >= 0.6 is 0 Å². The molecular weight excluding hydrogens is 152 g/mol. The molecule has 0 atom stereocenters. The molecule has 0 amide bonds. The predicted octanol–water partition coefficient (Wildman–Crippen LogP) is 1.02. The van der Waals surface area contributed by atoms with Gasteiger partial charge >= 0.3 is 0 Å². The zero-order valence-electron chi connectivity index (χ0n) is 6.20. The Morgan fingerprint density at radius 3 is 3.08 bits per heavy atom. The number of hydrogen-bond acceptors (Lipinski definition) is 3. The first-order valence-electron chi connectivity index (χ1n) is 3.44. The molecule has 4 nitrogen and oxygen atoms in total. The van der Waals surface area contributed by atoms with Crippen LogP contribution in [0.3, 0.4) is 0 Å². The summed E-state index contributed by atoms with van der Waals surface area (Å²) in [6.45, 7) is 0. The molecule has 58 valence electrons. The summed E-state index contributed by atoms with van der Waals surface area (Å²) >= 11 is 0. The van der Waals surface area contributed by atoms with Gasteiger partial charge in [-0.05, 0) is 12.1 Å². The van der Waals surface area contributed by atoms with Crippen LogP contribution in [0.2, 0.25) is 0 Å². The number of aromatic amines is 1. The molecule has 0 aliphatic carbocycles. The number of benzene rings is 1. The van der Waals surface area contributed by atoms with E-state index in [4.69, 9.17) is 11.0 Å². The number of rotatable bonds is 0. The van der Waals surface area contributed by atoms with Gasteiger partial charge in [-0.3, -0.25) is 0 Å². The van der Waals surface area contributed by atoms with Crippen molar-refractivity contribution in [3.05, 3.63) is 24.0 Å². The van der Waals surface area contributed by atoms with Crippen molar-refractivity contribution in [3.63, 3.8) is 0 Å². The average molecular weight is 158 g/mol. The first-order chi connectivity index (χ1) is 5.83. The van der Waals surface area contributed by atoms with Crippen molar-refractivity contribution in [2.24, 2.45) is 0 Å². The van der Waals surface area contributed by atoms with Crippen molar-refractivity contribution in [1.82, 2.24) is 9.97 Å². The Labute approximate surface area is 68.6 Å². The highest BCUT2D eigenvalue weighted by Gasteiger charge is 2.04. The van der Waals surface area contributed by atoms with Crippen LogP contribution in [0.25, 0.3) is 11.0 Å². The Bertz CT molecular complexity index is 463. The normalized spacial score (nSPS) is 9.92. The van der Waals surface area contributed by atoms with Crippen LogP contribution in [0.1, 0.15) is 5.56 Å². The van der Waals surface area contributed by atoms with Crippen LogP contribution in [0.5, 0.6) is 0 Å². The van der Waals surface area contributed by atoms with E-state index in [1.807, 2.05) is 6.07 Å². The van der Waals surface area contributed by atoms with Crippen LogP contribution in [-0.2, 0) is 0 Å². The van der Waals surface area contributed by atoms with Crippen LogP contribution < -0.4 is 5.73 Å². The Hall–Kier alpha value is -2.02. The van der Waals surface area contributed by atoms with Crippen molar-refractivity contribution in [2.75, 3.05) is 5.73 Å². The molecule has 1 aromatic heterocycles. The maximum atomic E-state index is 8.65. The standard InChI is InChI=1S/C8H6N4/c9-3-5-1-2-6-8(7(5)10)12-4-11-6/h1-2,4H,10H2,(H,11,12). The summed E-state index contributed by atoms with van der Waals surface area (Å²) in [5.74, 6) is 0. The summed E-state index contributed by atoms with van der Waals surface area (Å²) in [6, 6.07) is 5.46. The van der Waals surface area contributed by atoms with Gasteiger partial charge in [0.15, 0.2) is 0 Å². The second-order valence-electron chi connectivity index (χ2n) is 2.44. The van der Waals surface area contributed by atoms with E-state index >= 15 is 0 Å². The maximum absolute atomic E-state index is 8.65. The topological polar surface area (TPSA) is 78.5 Å². The Morgan fingerprint density at radius 1 is 1.50 bits per heavy atom. The minimum atomic E-state index is 0.441. The number of fused-ring (bicyclic) bond motifs is 1. The first-order valence-corrected chi connectivity index (χ1v) is 3.44. The molecule has 0 saturated carbocycles. The van der Waals surface area contributed by atoms with Crippen molar-refractivity contribution >= 4 is 16.7 Å². The lowest BCUT2D eigenvalue weighted by molar-refractivity contribution is 1.34. The number of imidazole rings is 1. The molecule has 0 unspecified atom stereocenters. The summed E-state index contributed by atoms with van der Waals surface area (Å²) in [6.07, 6.45) is 1.56. The molecule has 0 spiro atoms. The van der Waals surface area contributed by atoms with Gasteiger partial charge in [0.2, 0.25) is 0 Å². The van der Waals surface area contributed by atoms with Gasteiger partial charge in [0.1, 0.15) is 11.6 Å². The molecule has 0 aliphatic heterocycles. The molecular formula is C8H6N4. The van der Waals surface area contributed by atoms with Crippen LogP contribution in [-0.4, -0.2) is 9.97 Å². The highest BCUT2D eigenvalue weighted by Crippen LogP contribution is 2.20. The lowest BCUT2D eigenvalue weighted by atomic mass is 10.2. The zero-order chi connectivity index (χ0) is 8.55. The summed E-state index contributed by atoms with van der Waals surface area (Å²) < 4.78 is 0. The molecule has 2 aromatic rings. The van der Waals surface area contributed by atoms with E-state index in [1.54, 1.807) is 18.5 Å². The highest BCUT2D eigenvalue weighted by molar-refractivity contribution is 5.89. The molecule has 0 aliphatic rings. The molecule has 0 radical (unpaired) electrons. The maximum Gasteiger partial charge on any atom is 0.112 e. The molecule has 0 bridgehead atoms. The van der Waals surface area contributed by atoms with Gasteiger partial charge in [0, 0.05) is 0 Å². The minimum Gasteiger partial charge on any atom is -0.396 e. The number of aromatic nitrogens is 2.